The Labute approximate surface area is 265 Å². The molecule has 1 fully saturated rings. The maximum Gasteiger partial charge on any atom is 0.238 e. The van der Waals surface area contributed by atoms with Gasteiger partial charge in [0.05, 0.1) is 12.0 Å². The van der Waals surface area contributed by atoms with Crippen molar-refractivity contribution in [2.45, 2.75) is 58.5 Å². The van der Waals surface area contributed by atoms with Crippen molar-refractivity contribution in [2.24, 2.45) is 11.8 Å². The Morgan fingerprint density at radius 3 is 2.18 bits per heavy atom. The van der Waals surface area contributed by atoms with E-state index < -0.39 is 23.4 Å². The summed E-state index contributed by atoms with van der Waals surface area (Å²) in [5.41, 5.74) is 7.38. The number of rotatable bonds is 6. The average molecular weight is 595 g/mol. The lowest BCUT2D eigenvalue weighted by molar-refractivity contribution is -0.121. The Bertz CT molecular complexity index is 1890. The van der Waals surface area contributed by atoms with Gasteiger partial charge in [-0.05, 0) is 68.0 Å². The van der Waals surface area contributed by atoms with Crippen molar-refractivity contribution in [3.05, 3.63) is 136 Å². The number of nitrogens with zero attached hydrogens (tertiary/aromatic N) is 1. The Balaban J connectivity index is 1.50. The van der Waals surface area contributed by atoms with Crippen LogP contribution in [0.3, 0.4) is 0 Å². The number of carbonyl (C=O) groups is 3. The molecule has 0 bridgehead atoms. The van der Waals surface area contributed by atoms with Crippen LogP contribution in [0.25, 0.3) is 5.57 Å². The predicted octanol–water partition coefficient (Wildman–Crippen LogP) is 7.75. The maximum absolute atomic E-state index is 15.1. The fourth-order valence-corrected chi connectivity index (χ4v) is 7.89. The number of allylic oxidation sites excluding steroid dienone is 1. The van der Waals surface area contributed by atoms with Gasteiger partial charge in [-0.25, -0.2) is 0 Å². The van der Waals surface area contributed by atoms with Crippen molar-refractivity contribution < 1.29 is 14.4 Å². The molecule has 45 heavy (non-hydrogen) atoms. The van der Waals surface area contributed by atoms with Crippen LogP contribution in [0.15, 0.2) is 97.1 Å². The summed E-state index contributed by atoms with van der Waals surface area (Å²) in [6, 6.07) is 27.7. The van der Waals surface area contributed by atoms with E-state index in [2.05, 4.69) is 50.1 Å². The largest absolute Gasteiger partial charge is 0.352 e. The second-order valence-corrected chi connectivity index (χ2v) is 13.4. The molecule has 3 heterocycles. The number of hydrogen-bond donors (Lipinski definition) is 1. The second-order valence-electron chi connectivity index (χ2n) is 13.4. The van der Waals surface area contributed by atoms with E-state index in [0.717, 1.165) is 45.5 Å². The summed E-state index contributed by atoms with van der Waals surface area (Å²) >= 11 is 0. The quantitative estimate of drug-likeness (QED) is 0.232. The van der Waals surface area contributed by atoms with E-state index in [1.165, 1.54) is 0 Å². The minimum atomic E-state index is -1.32. The van der Waals surface area contributed by atoms with Gasteiger partial charge in [0.25, 0.3) is 0 Å². The van der Waals surface area contributed by atoms with Gasteiger partial charge in [0, 0.05) is 28.1 Å². The van der Waals surface area contributed by atoms with Crippen molar-refractivity contribution in [3.8, 4) is 0 Å². The first-order chi connectivity index (χ1) is 21.6. The molecular weight excluding hydrogens is 556 g/mol. The molecule has 7 rings (SSSR count). The Kier molecular flexibility index (Phi) is 6.88. The lowest BCUT2D eigenvalue weighted by Crippen LogP contribution is -2.51. The van der Waals surface area contributed by atoms with Gasteiger partial charge in [-0.2, -0.15) is 0 Å². The lowest BCUT2D eigenvalue weighted by Gasteiger charge is -2.39. The van der Waals surface area contributed by atoms with Crippen LogP contribution in [0.4, 0.5) is 11.4 Å². The van der Waals surface area contributed by atoms with Crippen LogP contribution >= 0.6 is 0 Å². The number of fused-ring (bicyclic) bond motifs is 6. The minimum Gasteiger partial charge on any atom is -0.352 e. The van der Waals surface area contributed by atoms with Gasteiger partial charge >= 0.3 is 0 Å². The molecule has 0 saturated carbocycles. The fraction of sp³-hybridized carbons (Fsp3) is 0.275. The topological polar surface area (TPSA) is 66.5 Å². The van der Waals surface area contributed by atoms with E-state index in [-0.39, 0.29) is 17.5 Å². The molecule has 226 valence electrons. The molecule has 0 aromatic heterocycles. The van der Waals surface area contributed by atoms with Gasteiger partial charge in [-0.1, -0.05) is 104 Å². The molecule has 3 aliphatic heterocycles. The van der Waals surface area contributed by atoms with E-state index in [1.54, 1.807) is 0 Å². The molecule has 4 atom stereocenters. The molecule has 3 aliphatic rings. The van der Waals surface area contributed by atoms with Crippen molar-refractivity contribution in [1.82, 2.24) is 0 Å². The van der Waals surface area contributed by atoms with Gasteiger partial charge < -0.3 is 10.2 Å². The summed E-state index contributed by atoms with van der Waals surface area (Å²) in [6.07, 6.45) is 3.01. The van der Waals surface area contributed by atoms with Crippen LogP contribution in [0, 0.1) is 25.7 Å². The molecule has 5 nitrogen and oxygen atoms in total. The highest BCUT2D eigenvalue weighted by molar-refractivity contribution is 6.18. The Morgan fingerprint density at radius 2 is 1.47 bits per heavy atom. The SMILES string of the molecule is CC1=CC2N(c3ccc(C)cc31)C(C(=O)c1ccc(C)cc1)C(C(=O)c1ccc(CC(C)C)cc1)C21C(=O)Nc2ccccc21. The van der Waals surface area contributed by atoms with Gasteiger partial charge in [0.15, 0.2) is 11.6 Å². The zero-order valence-electron chi connectivity index (χ0n) is 26.4. The van der Waals surface area contributed by atoms with Crippen LogP contribution in [0.5, 0.6) is 0 Å². The third kappa shape index (κ3) is 4.40. The molecule has 4 unspecified atom stereocenters. The standard InChI is InChI=1S/C40H38N2O3/c1-23(2)20-27-13-17-28(18-14-27)37(43)35-36(38(44)29-15-10-24(3)11-16-29)42-33-19-12-25(4)21-30(33)26(5)22-34(42)40(35)31-8-6-7-9-32(31)41-39(40)45/h6-19,21-23,34-36H,20H2,1-5H3,(H,41,45). The molecule has 0 aliphatic carbocycles. The lowest BCUT2D eigenvalue weighted by atomic mass is 9.64. The smallest absolute Gasteiger partial charge is 0.238 e. The van der Waals surface area contributed by atoms with Crippen LogP contribution < -0.4 is 10.2 Å². The number of carbonyl (C=O) groups excluding carboxylic acids is 3. The number of ketones is 2. The molecular formula is C40H38N2O3. The van der Waals surface area contributed by atoms with Gasteiger partial charge in [0.2, 0.25) is 5.91 Å². The first kappa shape index (κ1) is 29.0. The number of hydrogen-bond acceptors (Lipinski definition) is 4. The van der Waals surface area contributed by atoms with Crippen molar-refractivity contribution in [3.63, 3.8) is 0 Å². The van der Waals surface area contributed by atoms with Gasteiger partial charge in [-0.3, -0.25) is 14.4 Å². The first-order valence-electron chi connectivity index (χ1n) is 15.8. The van der Waals surface area contributed by atoms with Crippen molar-refractivity contribution in [2.75, 3.05) is 10.2 Å². The molecule has 4 aromatic rings. The van der Waals surface area contributed by atoms with E-state index in [1.807, 2.05) is 91.9 Å². The molecule has 1 N–H and O–H groups in total. The highest BCUT2D eigenvalue weighted by atomic mass is 16.2. The zero-order valence-corrected chi connectivity index (χ0v) is 26.4. The number of aryl methyl sites for hydroxylation is 2. The highest BCUT2D eigenvalue weighted by Crippen LogP contribution is 2.59. The van der Waals surface area contributed by atoms with E-state index in [9.17, 15) is 9.59 Å². The fourth-order valence-electron chi connectivity index (χ4n) is 7.89. The third-order valence-electron chi connectivity index (χ3n) is 9.90. The van der Waals surface area contributed by atoms with E-state index in [4.69, 9.17) is 0 Å². The Hall–Kier alpha value is -4.77. The van der Waals surface area contributed by atoms with E-state index >= 15 is 4.79 Å². The molecule has 1 saturated heterocycles. The predicted molar refractivity (Wildman–Crippen MR) is 180 cm³/mol. The third-order valence-corrected chi connectivity index (χ3v) is 9.90. The number of amides is 1. The highest BCUT2D eigenvalue weighted by Gasteiger charge is 2.70. The monoisotopic (exact) mass is 594 g/mol. The number of nitrogens with one attached hydrogen (secondary N) is 1. The van der Waals surface area contributed by atoms with Gasteiger partial charge in [-0.15, -0.1) is 0 Å². The Morgan fingerprint density at radius 1 is 0.822 bits per heavy atom. The molecule has 1 amide bonds. The number of para-hydroxylation sites is 1. The number of Topliss-reactive ketones (excluding diaryl/α,β-unsaturated/α-hetero) is 2. The normalized spacial score (nSPS) is 23.0. The number of anilines is 2. The minimum absolute atomic E-state index is 0.164. The summed E-state index contributed by atoms with van der Waals surface area (Å²) in [6.45, 7) is 10.4. The first-order valence-corrected chi connectivity index (χ1v) is 15.8. The molecule has 5 heteroatoms. The molecule has 0 radical (unpaired) electrons. The van der Waals surface area contributed by atoms with Crippen molar-refractivity contribution in [1.29, 1.82) is 0 Å². The van der Waals surface area contributed by atoms with Crippen molar-refractivity contribution >= 4 is 34.4 Å². The van der Waals surface area contributed by atoms with Crippen LogP contribution in [-0.4, -0.2) is 29.6 Å². The molecule has 4 aromatic carbocycles. The van der Waals surface area contributed by atoms with Crippen LogP contribution in [0.1, 0.15) is 69.3 Å². The average Bonchev–Trinajstić information content (AvgIpc) is 3.49. The summed E-state index contributed by atoms with van der Waals surface area (Å²) in [5, 5.41) is 3.13. The van der Waals surface area contributed by atoms with Crippen LogP contribution in [-0.2, 0) is 16.6 Å². The maximum atomic E-state index is 15.1. The summed E-state index contributed by atoms with van der Waals surface area (Å²) in [5.74, 6) is -1.10. The number of benzene rings is 4. The summed E-state index contributed by atoms with van der Waals surface area (Å²) < 4.78 is 0. The summed E-state index contributed by atoms with van der Waals surface area (Å²) in [7, 11) is 0. The molecule has 1 spiro atoms. The van der Waals surface area contributed by atoms with Gasteiger partial charge in [0.1, 0.15) is 11.5 Å². The van der Waals surface area contributed by atoms with E-state index in [0.29, 0.717) is 22.7 Å². The zero-order chi connectivity index (χ0) is 31.6. The summed E-state index contributed by atoms with van der Waals surface area (Å²) in [4.78, 5) is 46.7. The van der Waals surface area contributed by atoms with Crippen LogP contribution in [0.2, 0.25) is 0 Å². The second kappa shape index (κ2) is 10.7.